The maximum absolute atomic E-state index is 9.40. The van der Waals surface area contributed by atoms with Crippen LogP contribution in [0.4, 0.5) is 0 Å². The topological polar surface area (TPSA) is 169 Å². The van der Waals surface area contributed by atoms with Crippen molar-refractivity contribution in [1.82, 2.24) is 5.04 Å². The van der Waals surface area contributed by atoms with Crippen molar-refractivity contribution in [2.45, 2.75) is 0 Å². The van der Waals surface area contributed by atoms with Crippen LogP contribution in [0.2, 0.25) is 0 Å². The summed E-state index contributed by atoms with van der Waals surface area (Å²) in [5.41, 5.74) is 0. The Morgan fingerprint density at radius 3 is 1.42 bits per heavy atom. The highest BCUT2D eigenvalue weighted by Crippen LogP contribution is 1.91. The number of rotatable bonds is 2. The second kappa shape index (κ2) is 4.87. The van der Waals surface area contributed by atoms with Crippen molar-refractivity contribution >= 4 is 20.8 Å². The summed E-state index contributed by atoms with van der Waals surface area (Å²) in [7, 11) is -10.6. The summed E-state index contributed by atoms with van der Waals surface area (Å²) in [5, 5.41) is 1.00. The molecule has 72 valence electrons. The van der Waals surface area contributed by atoms with Crippen LogP contribution in [-0.4, -0.2) is 25.9 Å². The minimum Gasteiger partial charge on any atom is -0.725 e. The van der Waals surface area contributed by atoms with Crippen LogP contribution >= 0.6 is 0 Å². The zero-order valence-electron chi connectivity index (χ0n) is 4.98. The smallest absolute Gasteiger partial charge is 0.569 e. The number of hydrogen-bond donors (Lipinski definition) is 1. The summed E-state index contributed by atoms with van der Waals surface area (Å²) in [6, 6.07) is 0. The first-order valence-corrected chi connectivity index (χ1v) is 4.41. The van der Waals surface area contributed by atoms with Crippen LogP contribution in [0.3, 0.4) is 0 Å². The van der Waals surface area contributed by atoms with Gasteiger partial charge in [0.25, 0.3) is 0 Å². The van der Waals surface area contributed by atoms with E-state index in [2.05, 4.69) is 3.63 Å². The molecule has 0 fully saturated rings. The van der Waals surface area contributed by atoms with Crippen molar-refractivity contribution in [3.8, 4) is 0 Å². The Kier molecular flexibility index (Phi) is 5.54. The molecule has 0 unspecified atom stereocenters. The summed E-state index contributed by atoms with van der Waals surface area (Å²) in [6.07, 6.45) is 0. The lowest BCUT2D eigenvalue weighted by Crippen LogP contribution is -2.10. The summed E-state index contributed by atoms with van der Waals surface area (Å²) >= 11 is 0. The molecule has 0 bridgehead atoms. The van der Waals surface area contributed by atoms with Gasteiger partial charge in [0.05, 0.1) is 0 Å². The summed E-state index contributed by atoms with van der Waals surface area (Å²) in [4.78, 5) is 16.0. The quantitative estimate of drug-likeness (QED) is 0.311. The third kappa shape index (κ3) is 23.0. The zero-order chi connectivity index (χ0) is 10.4. The molecule has 0 aliphatic rings. The SMILES string of the molecule is O=S(=O)([O-])OS(=O)(=O)O.O=[N+]=O. The molecule has 0 atom stereocenters. The number of nitroso groups, excluding NO2 is 2. The molecule has 0 aliphatic heterocycles. The molecular weight excluding hydrogens is 222 g/mol. The van der Waals surface area contributed by atoms with Crippen LogP contribution in [0.1, 0.15) is 0 Å². The van der Waals surface area contributed by atoms with Gasteiger partial charge in [0.1, 0.15) is 0 Å². The predicted molar refractivity (Wildman–Crippen MR) is 31.2 cm³/mol. The lowest BCUT2D eigenvalue weighted by atomic mass is 13.6. The van der Waals surface area contributed by atoms with E-state index in [-0.39, 0.29) is 0 Å². The third-order valence-electron chi connectivity index (χ3n) is 0.169. The van der Waals surface area contributed by atoms with Gasteiger partial charge in [-0.15, -0.1) is 3.63 Å². The number of hydrogen-bond acceptors (Lipinski definition) is 8. The van der Waals surface area contributed by atoms with Crippen LogP contribution in [-0.2, 0) is 24.4 Å². The highest BCUT2D eigenvalue weighted by atomic mass is 32.3. The van der Waals surface area contributed by atoms with E-state index < -0.39 is 20.8 Å². The average Bonchev–Trinajstić information content (AvgIpc) is 1.53. The standard InChI is InChI=1S/NO2.H2O7S2/c2-1-3;1-8(2,3)7-9(4,5)6/h;(H,1,2,3)(H,4,5,6)/q+1;/p-1. The molecular formula is HNO9S2. The van der Waals surface area contributed by atoms with Gasteiger partial charge in [-0.1, -0.05) is 0 Å². The van der Waals surface area contributed by atoms with Gasteiger partial charge in [-0.3, -0.25) is 4.55 Å². The van der Waals surface area contributed by atoms with E-state index in [0.29, 0.717) is 0 Å². The normalized spacial score (nSPS) is 10.8. The van der Waals surface area contributed by atoms with Gasteiger partial charge in [0, 0.05) is 0 Å². The Bertz CT molecular complexity index is 306. The zero-order valence-corrected chi connectivity index (χ0v) is 6.61. The van der Waals surface area contributed by atoms with Crippen molar-refractivity contribution in [2.75, 3.05) is 0 Å². The largest absolute Gasteiger partial charge is 0.725 e. The van der Waals surface area contributed by atoms with Crippen molar-refractivity contribution in [3.05, 3.63) is 9.81 Å². The van der Waals surface area contributed by atoms with Crippen molar-refractivity contribution < 1.29 is 29.6 Å². The van der Waals surface area contributed by atoms with E-state index >= 15 is 0 Å². The summed E-state index contributed by atoms with van der Waals surface area (Å²) in [5.74, 6) is 0. The highest BCUT2D eigenvalue weighted by molar-refractivity contribution is 7.94. The molecule has 0 radical (unpaired) electrons. The van der Waals surface area contributed by atoms with Crippen LogP contribution < -0.4 is 5.04 Å². The summed E-state index contributed by atoms with van der Waals surface area (Å²) < 4.78 is 56.9. The highest BCUT2D eigenvalue weighted by Gasteiger charge is 2.08. The van der Waals surface area contributed by atoms with Crippen molar-refractivity contribution in [3.63, 3.8) is 0 Å². The molecule has 12 heteroatoms. The Hall–Kier alpha value is -0.910. The fourth-order valence-electron chi connectivity index (χ4n) is 0.105. The Morgan fingerprint density at radius 2 is 1.42 bits per heavy atom. The lowest BCUT2D eigenvalue weighted by Gasteiger charge is -2.01. The van der Waals surface area contributed by atoms with E-state index in [1.165, 1.54) is 0 Å². The molecule has 1 N–H and O–H groups in total. The lowest BCUT2D eigenvalue weighted by molar-refractivity contribution is 0.336. The maximum atomic E-state index is 9.40. The first-order chi connectivity index (χ1) is 5.12. The van der Waals surface area contributed by atoms with Gasteiger partial charge in [0.2, 0.25) is 20.2 Å². The minimum absolute atomic E-state index is 1.00. The third-order valence-corrected chi connectivity index (χ3v) is 1.52. The molecule has 0 spiro atoms. The fourth-order valence-corrected chi connectivity index (χ4v) is 0.948. The molecule has 10 nitrogen and oxygen atoms in total. The molecule has 0 aromatic rings. The molecule has 0 heterocycles. The molecule has 0 aromatic carbocycles. The van der Waals surface area contributed by atoms with E-state index in [0.717, 1.165) is 5.04 Å². The second-order valence-electron chi connectivity index (χ2n) is 0.979. The molecule has 0 amide bonds. The van der Waals surface area contributed by atoms with E-state index in [1.807, 2.05) is 0 Å². The molecule has 0 rings (SSSR count). The van der Waals surface area contributed by atoms with Gasteiger partial charge in [-0.2, -0.15) is 8.42 Å². The minimum atomic E-state index is -5.37. The predicted octanol–water partition coefficient (Wildman–Crippen LogP) is -2.15. The van der Waals surface area contributed by atoms with Crippen LogP contribution in [0.25, 0.3) is 0 Å². The van der Waals surface area contributed by atoms with Crippen LogP contribution in [0.15, 0.2) is 0 Å². The Morgan fingerprint density at radius 1 is 1.17 bits per heavy atom. The van der Waals surface area contributed by atoms with Gasteiger partial charge >= 0.3 is 15.4 Å². The number of nitrogens with zero attached hydrogens (tertiary/aromatic N) is 1. The second-order valence-corrected chi connectivity index (χ2v) is 3.19. The van der Waals surface area contributed by atoms with Gasteiger partial charge in [-0.25, -0.2) is 8.42 Å². The van der Waals surface area contributed by atoms with Gasteiger partial charge in [-0.05, 0) is 0 Å². The van der Waals surface area contributed by atoms with E-state index in [1.54, 1.807) is 0 Å². The molecule has 0 saturated carbocycles. The van der Waals surface area contributed by atoms with Gasteiger partial charge < -0.3 is 4.55 Å². The summed E-state index contributed by atoms with van der Waals surface area (Å²) in [6.45, 7) is 0. The first kappa shape index (κ1) is 13.7. The monoisotopic (exact) mass is 223 g/mol. The molecule has 0 saturated heterocycles. The first-order valence-electron chi connectivity index (χ1n) is 1.71. The van der Waals surface area contributed by atoms with Crippen molar-refractivity contribution in [2.24, 2.45) is 0 Å². The van der Waals surface area contributed by atoms with E-state index in [4.69, 9.17) is 14.4 Å². The molecule has 0 aromatic heterocycles. The van der Waals surface area contributed by atoms with Crippen LogP contribution in [0.5, 0.6) is 0 Å². The average molecular weight is 223 g/mol. The Balaban J connectivity index is 0. The Labute approximate surface area is 66.0 Å². The van der Waals surface area contributed by atoms with Crippen LogP contribution in [0, 0.1) is 9.81 Å². The van der Waals surface area contributed by atoms with E-state index in [9.17, 15) is 21.4 Å². The fraction of sp³-hybridized carbons (Fsp3) is 0. The molecule has 12 heavy (non-hydrogen) atoms. The van der Waals surface area contributed by atoms with Crippen molar-refractivity contribution in [1.29, 1.82) is 0 Å². The van der Waals surface area contributed by atoms with Gasteiger partial charge in [0.15, 0.2) is 0 Å². The molecule has 0 aliphatic carbocycles. The maximum Gasteiger partial charge on any atom is 0.569 e.